The molecule has 0 aromatic carbocycles. The van der Waals surface area contributed by atoms with Gasteiger partial charge in [0.15, 0.2) is 0 Å². The molecule has 0 spiro atoms. The molecule has 1 heterocycles. The summed E-state index contributed by atoms with van der Waals surface area (Å²) >= 11 is 0. The third-order valence-electron chi connectivity index (χ3n) is 3.49. The maximum atomic E-state index is 12.3. The molecular formula is C14H23NO. The quantitative estimate of drug-likeness (QED) is 0.671. The van der Waals surface area contributed by atoms with Crippen molar-refractivity contribution in [1.29, 1.82) is 0 Å². The molecule has 0 bridgehead atoms. The van der Waals surface area contributed by atoms with Gasteiger partial charge in [-0.3, -0.25) is 4.79 Å². The predicted molar refractivity (Wildman–Crippen MR) is 68.1 cm³/mol. The summed E-state index contributed by atoms with van der Waals surface area (Å²) in [5.41, 5.74) is 2.19. The van der Waals surface area contributed by atoms with Gasteiger partial charge in [-0.05, 0) is 19.3 Å². The van der Waals surface area contributed by atoms with E-state index in [4.69, 9.17) is 0 Å². The number of hydrogen-bond donors (Lipinski definition) is 0. The van der Waals surface area contributed by atoms with E-state index in [0.29, 0.717) is 12.5 Å². The second kappa shape index (κ2) is 4.86. The molecule has 0 aromatic rings. The standard InChI is InChI=1S/C14H23NO/c1-9(2)12(6)14(16)15-8-11(5)7-13(15)10(3)4/h9,12-13H,3,5,7-8H2,1-2,4,6H3/t12-,13?/m0/s1. The minimum Gasteiger partial charge on any atom is -0.331 e. The summed E-state index contributed by atoms with van der Waals surface area (Å²) in [4.78, 5) is 14.2. The topological polar surface area (TPSA) is 20.3 Å². The number of likely N-dealkylation sites (tertiary alicyclic amines) is 1. The number of amides is 1. The molecule has 2 nitrogen and oxygen atoms in total. The van der Waals surface area contributed by atoms with Crippen molar-refractivity contribution in [3.05, 3.63) is 24.3 Å². The van der Waals surface area contributed by atoms with E-state index < -0.39 is 0 Å². The van der Waals surface area contributed by atoms with Gasteiger partial charge in [0.2, 0.25) is 5.91 Å². The number of carbonyl (C=O) groups excluding carboxylic acids is 1. The van der Waals surface area contributed by atoms with Gasteiger partial charge in [-0.1, -0.05) is 45.1 Å². The Bertz CT molecular complexity index is 317. The number of nitrogens with zero attached hydrogens (tertiary/aromatic N) is 1. The van der Waals surface area contributed by atoms with E-state index in [0.717, 1.165) is 17.6 Å². The Labute approximate surface area is 99.0 Å². The molecule has 1 amide bonds. The Morgan fingerprint density at radius 2 is 2.00 bits per heavy atom. The molecule has 1 aliphatic heterocycles. The van der Waals surface area contributed by atoms with Crippen LogP contribution >= 0.6 is 0 Å². The van der Waals surface area contributed by atoms with Crippen molar-refractivity contribution in [3.8, 4) is 0 Å². The van der Waals surface area contributed by atoms with Gasteiger partial charge in [-0.2, -0.15) is 0 Å². The Balaban J connectivity index is 2.82. The molecule has 0 N–H and O–H groups in total. The summed E-state index contributed by atoms with van der Waals surface area (Å²) in [5, 5.41) is 0. The van der Waals surface area contributed by atoms with Crippen LogP contribution in [0.2, 0.25) is 0 Å². The molecule has 2 heteroatoms. The van der Waals surface area contributed by atoms with Gasteiger partial charge in [0.05, 0.1) is 6.04 Å². The van der Waals surface area contributed by atoms with Crippen LogP contribution in [0, 0.1) is 11.8 Å². The highest BCUT2D eigenvalue weighted by molar-refractivity contribution is 5.80. The highest BCUT2D eigenvalue weighted by Gasteiger charge is 2.34. The maximum Gasteiger partial charge on any atom is 0.226 e. The lowest BCUT2D eigenvalue weighted by Gasteiger charge is -2.28. The monoisotopic (exact) mass is 221 g/mol. The average Bonchev–Trinajstić information content (AvgIpc) is 2.58. The van der Waals surface area contributed by atoms with E-state index >= 15 is 0 Å². The minimum atomic E-state index is 0.0766. The van der Waals surface area contributed by atoms with Gasteiger partial charge in [0.25, 0.3) is 0 Å². The molecule has 1 rings (SSSR count). The second-order valence-corrected chi connectivity index (χ2v) is 5.32. The lowest BCUT2D eigenvalue weighted by atomic mass is 9.96. The summed E-state index contributed by atoms with van der Waals surface area (Å²) in [5.74, 6) is 0.696. The van der Waals surface area contributed by atoms with Crippen molar-refractivity contribution in [2.75, 3.05) is 6.54 Å². The van der Waals surface area contributed by atoms with E-state index in [9.17, 15) is 4.79 Å². The van der Waals surface area contributed by atoms with E-state index in [-0.39, 0.29) is 17.9 Å². The lowest BCUT2D eigenvalue weighted by Crippen LogP contribution is -2.40. The highest BCUT2D eigenvalue weighted by atomic mass is 16.2. The lowest BCUT2D eigenvalue weighted by molar-refractivity contribution is -0.136. The zero-order chi connectivity index (χ0) is 12.5. The van der Waals surface area contributed by atoms with Crippen LogP contribution < -0.4 is 0 Å². The van der Waals surface area contributed by atoms with Gasteiger partial charge in [-0.15, -0.1) is 0 Å². The van der Waals surface area contributed by atoms with Crippen LogP contribution in [0.3, 0.4) is 0 Å². The van der Waals surface area contributed by atoms with Crippen LogP contribution in [0.5, 0.6) is 0 Å². The molecule has 1 aliphatic rings. The number of hydrogen-bond acceptors (Lipinski definition) is 1. The Hall–Kier alpha value is -1.05. The molecule has 0 aliphatic carbocycles. The Kier molecular flexibility index (Phi) is 3.95. The van der Waals surface area contributed by atoms with E-state index in [1.54, 1.807) is 0 Å². The maximum absolute atomic E-state index is 12.3. The Morgan fingerprint density at radius 3 is 2.44 bits per heavy atom. The van der Waals surface area contributed by atoms with Crippen molar-refractivity contribution in [3.63, 3.8) is 0 Å². The van der Waals surface area contributed by atoms with E-state index in [1.807, 2.05) is 18.7 Å². The fourth-order valence-corrected chi connectivity index (χ4v) is 2.02. The van der Waals surface area contributed by atoms with Crippen LogP contribution in [-0.2, 0) is 4.79 Å². The third-order valence-corrected chi connectivity index (χ3v) is 3.49. The predicted octanol–water partition coefficient (Wildman–Crippen LogP) is 3.01. The molecule has 90 valence electrons. The molecule has 0 radical (unpaired) electrons. The molecule has 2 atom stereocenters. The first kappa shape index (κ1) is 13.0. The summed E-state index contributed by atoms with van der Waals surface area (Å²) in [6.45, 7) is 16.8. The molecular weight excluding hydrogens is 198 g/mol. The van der Waals surface area contributed by atoms with Gasteiger partial charge >= 0.3 is 0 Å². The fraction of sp³-hybridized carbons (Fsp3) is 0.643. The van der Waals surface area contributed by atoms with Gasteiger partial charge in [-0.25, -0.2) is 0 Å². The SMILES string of the molecule is C=C1CC(C(=C)C)N(C(=O)[C@@H](C)C(C)C)C1. The van der Waals surface area contributed by atoms with Crippen molar-refractivity contribution < 1.29 is 4.79 Å². The number of carbonyl (C=O) groups is 1. The molecule has 0 aromatic heterocycles. The zero-order valence-electron chi connectivity index (χ0n) is 10.9. The minimum absolute atomic E-state index is 0.0766. The summed E-state index contributed by atoms with van der Waals surface area (Å²) in [7, 11) is 0. The van der Waals surface area contributed by atoms with Crippen molar-refractivity contribution >= 4 is 5.91 Å². The third kappa shape index (κ3) is 2.55. The van der Waals surface area contributed by atoms with Gasteiger partial charge in [0, 0.05) is 12.5 Å². The van der Waals surface area contributed by atoms with Crippen molar-refractivity contribution in [2.24, 2.45) is 11.8 Å². The fourth-order valence-electron chi connectivity index (χ4n) is 2.02. The highest BCUT2D eigenvalue weighted by Crippen LogP contribution is 2.28. The number of rotatable bonds is 3. The van der Waals surface area contributed by atoms with E-state index in [2.05, 4.69) is 27.0 Å². The zero-order valence-corrected chi connectivity index (χ0v) is 10.9. The smallest absolute Gasteiger partial charge is 0.226 e. The van der Waals surface area contributed by atoms with Gasteiger partial charge < -0.3 is 4.90 Å². The molecule has 0 saturated carbocycles. The van der Waals surface area contributed by atoms with Crippen LogP contribution in [0.25, 0.3) is 0 Å². The van der Waals surface area contributed by atoms with Crippen LogP contribution in [-0.4, -0.2) is 23.4 Å². The van der Waals surface area contributed by atoms with Crippen LogP contribution in [0.15, 0.2) is 24.3 Å². The van der Waals surface area contributed by atoms with Crippen LogP contribution in [0.4, 0.5) is 0 Å². The normalized spacial score (nSPS) is 22.7. The summed E-state index contributed by atoms with van der Waals surface area (Å²) in [6, 6.07) is 0.168. The average molecular weight is 221 g/mol. The Morgan fingerprint density at radius 1 is 1.44 bits per heavy atom. The second-order valence-electron chi connectivity index (χ2n) is 5.32. The summed E-state index contributed by atoms with van der Waals surface area (Å²) in [6.07, 6.45) is 0.881. The van der Waals surface area contributed by atoms with Crippen molar-refractivity contribution in [1.82, 2.24) is 4.90 Å². The van der Waals surface area contributed by atoms with E-state index in [1.165, 1.54) is 0 Å². The largest absolute Gasteiger partial charge is 0.331 e. The first-order valence-corrected chi connectivity index (χ1v) is 5.97. The molecule has 16 heavy (non-hydrogen) atoms. The van der Waals surface area contributed by atoms with Crippen LogP contribution in [0.1, 0.15) is 34.1 Å². The molecule has 1 unspecified atom stereocenters. The summed E-state index contributed by atoms with van der Waals surface area (Å²) < 4.78 is 0. The molecule has 1 fully saturated rings. The van der Waals surface area contributed by atoms with Crippen molar-refractivity contribution in [2.45, 2.75) is 40.2 Å². The first-order chi connectivity index (χ1) is 7.34. The first-order valence-electron chi connectivity index (χ1n) is 5.97. The van der Waals surface area contributed by atoms with Gasteiger partial charge in [0.1, 0.15) is 0 Å². The molecule has 1 saturated heterocycles.